The van der Waals surface area contributed by atoms with E-state index in [1.807, 2.05) is 0 Å². The van der Waals surface area contributed by atoms with Gasteiger partial charge in [-0.05, 0) is 51.8 Å². The molecule has 0 fully saturated rings. The summed E-state index contributed by atoms with van der Waals surface area (Å²) in [6, 6.07) is 8.68. The van der Waals surface area contributed by atoms with Gasteiger partial charge in [-0.1, -0.05) is 37.3 Å². The molecular weight excluding hydrogens is 256 g/mol. The number of hydrogen-bond acceptors (Lipinski definition) is 1. The monoisotopic (exact) mass is 284 g/mol. The van der Waals surface area contributed by atoms with Crippen molar-refractivity contribution in [1.82, 2.24) is 9.88 Å². The van der Waals surface area contributed by atoms with Gasteiger partial charge in [-0.25, -0.2) is 0 Å². The normalized spacial score (nSPS) is 12.0. The molecule has 2 heteroatoms. The lowest BCUT2D eigenvalue weighted by Gasteiger charge is -2.20. The van der Waals surface area contributed by atoms with Gasteiger partial charge in [0.05, 0.1) is 0 Å². The molecule has 2 rings (SSSR count). The Morgan fingerprint density at radius 3 is 2.62 bits per heavy atom. The lowest BCUT2D eigenvalue weighted by molar-refractivity contribution is 0.429. The third kappa shape index (κ3) is 4.21. The van der Waals surface area contributed by atoms with Gasteiger partial charge in [-0.15, -0.1) is 0 Å². The van der Waals surface area contributed by atoms with Gasteiger partial charge in [0.1, 0.15) is 0 Å². The quantitative estimate of drug-likeness (QED) is 0.771. The van der Waals surface area contributed by atoms with Crippen molar-refractivity contribution in [1.29, 1.82) is 0 Å². The lowest BCUT2D eigenvalue weighted by Crippen LogP contribution is -2.37. The maximum absolute atomic E-state index is 4.15. The Hall–Kier alpha value is -1.54. The molecule has 1 heterocycles. The number of aromatic nitrogens is 1. The predicted molar refractivity (Wildman–Crippen MR) is 92.8 cm³/mol. The number of fused-ring (bicyclic) bond motifs is 1. The van der Waals surface area contributed by atoms with Gasteiger partial charge in [0, 0.05) is 29.2 Å². The highest BCUT2D eigenvalue weighted by molar-refractivity contribution is 5.84. The van der Waals surface area contributed by atoms with Gasteiger partial charge >= 0.3 is 0 Å². The molecule has 0 atom stereocenters. The third-order valence-corrected chi connectivity index (χ3v) is 3.81. The minimum Gasteiger partial charge on any atom is -0.343 e. The SMILES string of the molecule is C=C(CC)Cn1cc(CCNC(C)(C)C)c2ccccc21. The Morgan fingerprint density at radius 2 is 1.95 bits per heavy atom. The summed E-state index contributed by atoms with van der Waals surface area (Å²) < 4.78 is 2.34. The number of rotatable bonds is 6. The molecule has 1 N–H and O–H groups in total. The van der Waals surface area contributed by atoms with Crippen molar-refractivity contribution in [3.63, 3.8) is 0 Å². The number of benzene rings is 1. The van der Waals surface area contributed by atoms with Crippen molar-refractivity contribution < 1.29 is 0 Å². The van der Waals surface area contributed by atoms with Crippen LogP contribution in [0.3, 0.4) is 0 Å². The first-order valence-corrected chi connectivity index (χ1v) is 7.89. The van der Waals surface area contributed by atoms with Crippen molar-refractivity contribution in [3.05, 3.63) is 48.2 Å². The summed E-state index contributed by atoms with van der Waals surface area (Å²) >= 11 is 0. The highest BCUT2D eigenvalue weighted by atomic mass is 15.0. The van der Waals surface area contributed by atoms with Gasteiger partial charge in [-0.3, -0.25) is 0 Å². The molecule has 0 radical (unpaired) electrons. The second kappa shape index (κ2) is 6.48. The minimum absolute atomic E-state index is 0.175. The van der Waals surface area contributed by atoms with E-state index in [1.54, 1.807) is 0 Å². The Kier molecular flexibility index (Phi) is 4.89. The van der Waals surface area contributed by atoms with Crippen LogP contribution in [0.4, 0.5) is 0 Å². The van der Waals surface area contributed by atoms with E-state index in [2.05, 4.69) is 74.6 Å². The summed E-state index contributed by atoms with van der Waals surface area (Å²) in [5, 5.41) is 4.94. The molecule has 0 unspecified atom stereocenters. The fraction of sp³-hybridized carbons (Fsp3) is 0.474. The molecule has 0 bridgehead atoms. The summed E-state index contributed by atoms with van der Waals surface area (Å²) in [6.07, 6.45) is 4.40. The number of hydrogen-bond donors (Lipinski definition) is 1. The van der Waals surface area contributed by atoms with Crippen molar-refractivity contribution in [2.75, 3.05) is 6.54 Å². The van der Waals surface area contributed by atoms with Crippen molar-refractivity contribution in [3.8, 4) is 0 Å². The maximum atomic E-state index is 4.15. The summed E-state index contributed by atoms with van der Waals surface area (Å²) in [6.45, 7) is 14.9. The molecule has 0 aliphatic carbocycles. The standard InChI is InChI=1S/C19H28N2/c1-6-15(2)13-21-14-16(11-12-20-19(3,4)5)17-9-7-8-10-18(17)21/h7-10,14,20H,2,6,11-13H2,1,3-5H3. The molecule has 0 saturated carbocycles. The van der Waals surface area contributed by atoms with Crippen LogP contribution in [0, 0.1) is 0 Å². The van der Waals surface area contributed by atoms with Crippen LogP contribution in [-0.4, -0.2) is 16.7 Å². The van der Waals surface area contributed by atoms with Gasteiger partial charge in [-0.2, -0.15) is 0 Å². The summed E-state index contributed by atoms with van der Waals surface area (Å²) in [4.78, 5) is 0. The molecule has 2 nitrogen and oxygen atoms in total. The zero-order chi connectivity index (χ0) is 15.5. The molecule has 0 spiro atoms. The van der Waals surface area contributed by atoms with Crippen LogP contribution < -0.4 is 5.32 Å². The van der Waals surface area contributed by atoms with Crippen molar-refractivity contribution >= 4 is 10.9 Å². The van der Waals surface area contributed by atoms with E-state index in [-0.39, 0.29) is 5.54 Å². The van der Waals surface area contributed by atoms with Crippen LogP contribution in [0.5, 0.6) is 0 Å². The summed E-state index contributed by atoms with van der Waals surface area (Å²) in [5.74, 6) is 0. The Morgan fingerprint density at radius 1 is 1.24 bits per heavy atom. The van der Waals surface area contributed by atoms with E-state index in [4.69, 9.17) is 0 Å². The van der Waals surface area contributed by atoms with Crippen molar-refractivity contribution in [2.24, 2.45) is 0 Å². The fourth-order valence-corrected chi connectivity index (χ4v) is 2.58. The van der Waals surface area contributed by atoms with Gasteiger partial charge in [0.15, 0.2) is 0 Å². The predicted octanol–water partition coefficient (Wildman–Crippen LogP) is 4.54. The van der Waals surface area contributed by atoms with Gasteiger partial charge in [0.25, 0.3) is 0 Å². The van der Waals surface area contributed by atoms with E-state index >= 15 is 0 Å². The summed E-state index contributed by atoms with van der Waals surface area (Å²) in [5.41, 5.74) is 4.19. The molecule has 0 saturated heterocycles. The molecule has 0 aliphatic rings. The van der Waals surface area contributed by atoms with Crippen LogP contribution in [0.25, 0.3) is 10.9 Å². The Balaban J connectivity index is 2.21. The van der Waals surface area contributed by atoms with Crippen LogP contribution in [-0.2, 0) is 13.0 Å². The molecule has 114 valence electrons. The molecule has 1 aromatic heterocycles. The van der Waals surface area contributed by atoms with Crippen LogP contribution in [0.15, 0.2) is 42.6 Å². The topological polar surface area (TPSA) is 17.0 Å². The number of allylic oxidation sites excluding steroid dienone is 1. The smallest absolute Gasteiger partial charge is 0.0486 e. The highest BCUT2D eigenvalue weighted by Crippen LogP contribution is 2.23. The highest BCUT2D eigenvalue weighted by Gasteiger charge is 2.11. The second-order valence-electron chi connectivity index (χ2n) is 6.83. The average molecular weight is 284 g/mol. The molecule has 0 amide bonds. The first-order valence-electron chi connectivity index (χ1n) is 7.89. The Labute approximate surface area is 128 Å². The van der Waals surface area contributed by atoms with Gasteiger partial charge < -0.3 is 9.88 Å². The first kappa shape index (κ1) is 15.8. The van der Waals surface area contributed by atoms with Crippen LogP contribution in [0.1, 0.15) is 39.7 Å². The zero-order valence-corrected chi connectivity index (χ0v) is 13.9. The van der Waals surface area contributed by atoms with E-state index in [9.17, 15) is 0 Å². The minimum atomic E-state index is 0.175. The van der Waals surface area contributed by atoms with Crippen molar-refractivity contribution in [2.45, 2.75) is 52.6 Å². The molecule has 1 aromatic carbocycles. The second-order valence-corrected chi connectivity index (χ2v) is 6.83. The van der Waals surface area contributed by atoms with Gasteiger partial charge in [0.2, 0.25) is 0 Å². The van der Waals surface area contributed by atoms with E-state index < -0.39 is 0 Å². The number of para-hydroxylation sites is 1. The van der Waals surface area contributed by atoms with Crippen LogP contribution in [0.2, 0.25) is 0 Å². The fourth-order valence-electron chi connectivity index (χ4n) is 2.58. The zero-order valence-electron chi connectivity index (χ0n) is 13.9. The number of nitrogens with zero attached hydrogens (tertiary/aromatic N) is 1. The maximum Gasteiger partial charge on any atom is 0.0486 e. The lowest BCUT2D eigenvalue weighted by atomic mass is 10.1. The Bertz CT molecular complexity index is 614. The summed E-state index contributed by atoms with van der Waals surface area (Å²) in [7, 11) is 0. The molecule has 2 aromatic rings. The third-order valence-electron chi connectivity index (χ3n) is 3.81. The van der Waals surface area contributed by atoms with Crippen LogP contribution >= 0.6 is 0 Å². The van der Waals surface area contributed by atoms with E-state index in [1.165, 1.54) is 22.0 Å². The first-order chi connectivity index (χ1) is 9.90. The molecule has 0 aliphatic heterocycles. The largest absolute Gasteiger partial charge is 0.343 e. The average Bonchev–Trinajstić information content (AvgIpc) is 2.76. The van der Waals surface area contributed by atoms with E-state index in [0.717, 1.165) is 25.9 Å². The molecule has 21 heavy (non-hydrogen) atoms. The number of nitrogens with one attached hydrogen (secondary N) is 1. The van der Waals surface area contributed by atoms with E-state index in [0.29, 0.717) is 0 Å². The molecular formula is C19H28N2.